The number of H-pyrrole nitrogens is 1. The molecule has 2 atom stereocenters. The lowest BCUT2D eigenvalue weighted by Gasteiger charge is -2.38. The first-order chi connectivity index (χ1) is 15.5. The summed E-state index contributed by atoms with van der Waals surface area (Å²) in [4.78, 5) is 36.4. The Hall–Kier alpha value is -2.87. The Morgan fingerprint density at radius 3 is 2.50 bits per heavy atom. The van der Waals surface area contributed by atoms with Crippen LogP contribution in [0.4, 0.5) is 11.8 Å². The molecule has 0 aliphatic carbocycles. The quantitative estimate of drug-likeness (QED) is 0.678. The second-order valence-electron chi connectivity index (χ2n) is 8.09. The molecule has 2 fully saturated rings. The van der Waals surface area contributed by atoms with Crippen molar-refractivity contribution >= 4 is 29.4 Å². The number of nitriles is 1. The van der Waals surface area contributed by atoms with Crippen LogP contribution < -0.4 is 15.8 Å². The van der Waals surface area contributed by atoms with Crippen LogP contribution in [-0.4, -0.2) is 54.2 Å². The average Bonchev–Trinajstić information content (AvgIpc) is 3.26. The minimum absolute atomic E-state index is 0.216. The van der Waals surface area contributed by atoms with Gasteiger partial charge in [0.05, 0.1) is 24.8 Å². The standard InChI is InChI=1S/C22H23N5O4S/c1-32-14-4-2-13(3-5-14)16-15(12-23)19(28)24-18-17(16)20(29)26-21(25-18)27-8-6-22(7-9-27)30-10-11-31-22/h2-5,15-16H,6-11H2,1H3,(H2,24,25,26,28,29). The summed E-state index contributed by atoms with van der Waals surface area (Å²) in [6.45, 7) is 2.41. The number of aromatic nitrogens is 2. The summed E-state index contributed by atoms with van der Waals surface area (Å²) in [5.74, 6) is -2.07. The molecular weight excluding hydrogens is 430 g/mol. The van der Waals surface area contributed by atoms with Crippen LogP contribution >= 0.6 is 11.8 Å². The summed E-state index contributed by atoms with van der Waals surface area (Å²) in [5.41, 5.74) is 0.700. The molecule has 1 aromatic carbocycles. The fraction of sp³-hybridized carbons (Fsp3) is 0.455. The highest BCUT2D eigenvalue weighted by Gasteiger charge is 2.42. The molecule has 1 spiro atoms. The second kappa shape index (κ2) is 8.24. The van der Waals surface area contributed by atoms with Crippen LogP contribution in [-0.2, 0) is 14.3 Å². The van der Waals surface area contributed by atoms with Crippen molar-refractivity contribution in [3.05, 3.63) is 45.7 Å². The van der Waals surface area contributed by atoms with Gasteiger partial charge in [-0.05, 0) is 24.0 Å². The van der Waals surface area contributed by atoms with Crippen molar-refractivity contribution in [1.29, 1.82) is 5.26 Å². The van der Waals surface area contributed by atoms with Gasteiger partial charge in [0.2, 0.25) is 11.9 Å². The molecule has 2 saturated heterocycles. The van der Waals surface area contributed by atoms with Crippen molar-refractivity contribution in [1.82, 2.24) is 9.97 Å². The Bertz CT molecular complexity index is 1130. The van der Waals surface area contributed by atoms with Crippen molar-refractivity contribution in [3.63, 3.8) is 0 Å². The van der Waals surface area contributed by atoms with E-state index in [-0.39, 0.29) is 11.4 Å². The third-order valence-electron chi connectivity index (χ3n) is 6.36. The average molecular weight is 454 g/mol. The molecule has 2 unspecified atom stereocenters. The van der Waals surface area contributed by atoms with Crippen LogP contribution in [0.25, 0.3) is 0 Å². The van der Waals surface area contributed by atoms with Gasteiger partial charge < -0.3 is 19.7 Å². The van der Waals surface area contributed by atoms with Gasteiger partial charge in [-0.1, -0.05) is 12.1 Å². The number of ether oxygens (including phenoxy) is 2. The maximum atomic E-state index is 13.2. The van der Waals surface area contributed by atoms with Crippen LogP contribution in [0.3, 0.4) is 0 Å². The Labute approximate surface area is 189 Å². The molecule has 3 aliphatic rings. The zero-order valence-corrected chi connectivity index (χ0v) is 18.4. The Morgan fingerprint density at radius 1 is 1.19 bits per heavy atom. The number of carbonyl (C=O) groups excluding carboxylic acids is 1. The van der Waals surface area contributed by atoms with Crippen LogP contribution in [0.1, 0.15) is 29.9 Å². The molecule has 3 aliphatic heterocycles. The normalized spacial score (nSPS) is 24.1. The fourth-order valence-electron chi connectivity index (χ4n) is 4.66. The molecule has 9 nitrogen and oxygen atoms in total. The van der Waals surface area contributed by atoms with Crippen LogP contribution in [0, 0.1) is 17.2 Å². The van der Waals surface area contributed by atoms with Gasteiger partial charge in [-0.3, -0.25) is 14.6 Å². The van der Waals surface area contributed by atoms with E-state index >= 15 is 0 Å². The van der Waals surface area contributed by atoms with Gasteiger partial charge in [0.25, 0.3) is 5.56 Å². The highest BCUT2D eigenvalue weighted by Crippen LogP contribution is 2.39. The van der Waals surface area contributed by atoms with E-state index in [0.717, 1.165) is 10.5 Å². The lowest BCUT2D eigenvalue weighted by atomic mass is 9.79. The third-order valence-corrected chi connectivity index (χ3v) is 7.11. The summed E-state index contributed by atoms with van der Waals surface area (Å²) in [7, 11) is 0. The monoisotopic (exact) mass is 453 g/mol. The summed E-state index contributed by atoms with van der Waals surface area (Å²) in [6, 6.07) is 9.64. The zero-order valence-electron chi connectivity index (χ0n) is 17.6. The van der Waals surface area contributed by atoms with E-state index in [1.807, 2.05) is 35.4 Å². The predicted octanol–water partition coefficient (Wildman–Crippen LogP) is 2.06. The molecule has 2 N–H and O–H groups in total. The van der Waals surface area contributed by atoms with Gasteiger partial charge in [-0.2, -0.15) is 10.2 Å². The predicted molar refractivity (Wildman–Crippen MR) is 119 cm³/mol. The van der Waals surface area contributed by atoms with E-state index in [1.54, 1.807) is 11.8 Å². The molecule has 1 amide bonds. The van der Waals surface area contributed by atoms with Crippen LogP contribution in [0.5, 0.6) is 0 Å². The Morgan fingerprint density at radius 2 is 1.88 bits per heavy atom. The minimum Gasteiger partial charge on any atom is -0.347 e. The number of amides is 1. The van der Waals surface area contributed by atoms with Crippen molar-refractivity contribution < 1.29 is 14.3 Å². The minimum atomic E-state index is -1.01. The first-order valence-electron chi connectivity index (χ1n) is 10.5. The molecule has 0 bridgehead atoms. The van der Waals surface area contributed by atoms with E-state index in [1.165, 1.54) is 0 Å². The number of aromatic amines is 1. The molecule has 4 heterocycles. The highest BCUT2D eigenvalue weighted by molar-refractivity contribution is 7.98. The highest BCUT2D eigenvalue weighted by atomic mass is 32.2. The molecule has 2 aromatic rings. The smallest absolute Gasteiger partial charge is 0.258 e. The lowest BCUT2D eigenvalue weighted by Crippen LogP contribution is -2.46. The molecule has 166 valence electrons. The number of nitrogens with one attached hydrogen (secondary N) is 2. The number of piperidine rings is 1. The van der Waals surface area contributed by atoms with Gasteiger partial charge in [0.15, 0.2) is 5.79 Å². The lowest BCUT2D eigenvalue weighted by molar-refractivity contribution is -0.169. The van der Waals surface area contributed by atoms with E-state index in [2.05, 4.69) is 21.4 Å². The number of rotatable bonds is 3. The van der Waals surface area contributed by atoms with Crippen molar-refractivity contribution in [2.75, 3.05) is 42.8 Å². The SMILES string of the molecule is CSc1ccc(C2c3c(nc(N4CCC5(CC4)OCCO5)[nH]c3=O)NC(=O)C2C#N)cc1. The van der Waals surface area contributed by atoms with Crippen molar-refractivity contribution in [2.24, 2.45) is 5.92 Å². The third kappa shape index (κ3) is 3.56. The summed E-state index contributed by atoms with van der Waals surface area (Å²) >= 11 is 1.60. The van der Waals surface area contributed by atoms with E-state index in [0.29, 0.717) is 50.7 Å². The zero-order chi connectivity index (χ0) is 22.3. The number of benzene rings is 1. The van der Waals surface area contributed by atoms with Gasteiger partial charge in [-0.25, -0.2) is 0 Å². The van der Waals surface area contributed by atoms with E-state index in [4.69, 9.17) is 9.47 Å². The number of hydrogen-bond acceptors (Lipinski definition) is 8. The molecule has 1 aromatic heterocycles. The maximum Gasteiger partial charge on any atom is 0.258 e. The second-order valence-corrected chi connectivity index (χ2v) is 8.97. The number of nitrogens with zero attached hydrogens (tertiary/aromatic N) is 3. The first-order valence-corrected chi connectivity index (χ1v) is 11.8. The van der Waals surface area contributed by atoms with Crippen LogP contribution in [0.15, 0.2) is 34.0 Å². The molecule has 0 saturated carbocycles. The van der Waals surface area contributed by atoms with Crippen molar-refractivity contribution in [3.8, 4) is 6.07 Å². The molecule has 0 radical (unpaired) electrons. The first kappa shape index (κ1) is 21.0. The number of fused-ring (bicyclic) bond motifs is 1. The van der Waals surface area contributed by atoms with Gasteiger partial charge in [0, 0.05) is 36.7 Å². The largest absolute Gasteiger partial charge is 0.347 e. The maximum absolute atomic E-state index is 13.2. The molecule has 5 rings (SSSR count). The topological polar surface area (TPSA) is 120 Å². The van der Waals surface area contributed by atoms with Crippen LogP contribution in [0.2, 0.25) is 0 Å². The number of hydrogen-bond donors (Lipinski definition) is 2. The van der Waals surface area contributed by atoms with E-state index < -0.39 is 23.5 Å². The van der Waals surface area contributed by atoms with Gasteiger partial charge in [0.1, 0.15) is 11.7 Å². The molecule has 10 heteroatoms. The molecule has 32 heavy (non-hydrogen) atoms. The Balaban J connectivity index is 1.49. The van der Waals surface area contributed by atoms with Gasteiger partial charge >= 0.3 is 0 Å². The van der Waals surface area contributed by atoms with Gasteiger partial charge in [-0.15, -0.1) is 11.8 Å². The van der Waals surface area contributed by atoms with Crippen molar-refractivity contribution in [2.45, 2.75) is 29.4 Å². The number of carbonyl (C=O) groups is 1. The number of thioether (sulfide) groups is 1. The molecular formula is C22H23N5O4S. The summed E-state index contributed by atoms with van der Waals surface area (Å²) < 4.78 is 11.5. The Kier molecular flexibility index (Phi) is 5.41. The summed E-state index contributed by atoms with van der Waals surface area (Å²) in [5, 5.41) is 12.4. The summed E-state index contributed by atoms with van der Waals surface area (Å²) in [6.07, 6.45) is 3.31. The van der Waals surface area contributed by atoms with E-state index in [9.17, 15) is 14.9 Å². The fourth-order valence-corrected chi connectivity index (χ4v) is 5.07. The number of anilines is 2.